The van der Waals surface area contributed by atoms with E-state index in [0.717, 1.165) is 0 Å². The molecule has 1 aromatic rings. The van der Waals surface area contributed by atoms with Crippen LogP contribution in [0.4, 0.5) is 4.79 Å². The van der Waals surface area contributed by atoms with Gasteiger partial charge in [0.1, 0.15) is 5.69 Å². The summed E-state index contributed by atoms with van der Waals surface area (Å²) in [5.41, 5.74) is 6.01. The number of nitrogens with one attached hydrogen (secondary N) is 2. The molecular weight excluding hydrogens is 306 g/mol. The lowest BCUT2D eigenvalue weighted by Crippen LogP contribution is -2.42. The predicted octanol–water partition coefficient (Wildman–Crippen LogP) is 0.412. The van der Waals surface area contributed by atoms with Gasteiger partial charge in [-0.2, -0.15) is 0 Å². The van der Waals surface area contributed by atoms with Crippen molar-refractivity contribution in [1.29, 1.82) is 0 Å². The second-order valence-corrected chi connectivity index (χ2v) is 4.72. The molecule has 0 spiro atoms. The molecule has 4 N–H and O–H groups in total. The molecule has 1 heterocycles. The summed E-state index contributed by atoms with van der Waals surface area (Å²) in [6.07, 6.45) is -0.764. The molecule has 23 heavy (non-hydrogen) atoms. The Kier molecular flexibility index (Phi) is 5.88. The van der Waals surface area contributed by atoms with Gasteiger partial charge in [-0.15, -0.1) is 0 Å². The van der Waals surface area contributed by atoms with Gasteiger partial charge in [0.15, 0.2) is 6.10 Å². The minimum atomic E-state index is -1.23. The van der Waals surface area contributed by atoms with E-state index in [1.807, 2.05) is 5.32 Å². The quantitative estimate of drug-likeness (QED) is 0.670. The molecule has 0 aliphatic heterocycles. The van der Waals surface area contributed by atoms with Crippen LogP contribution in [0.5, 0.6) is 0 Å². The normalized spacial score (nSPS) is 11.5. The van der Waals surface area contributed by atoms with E-state index in [-0.39, 0.29) is 11.3 Å². The fourth-order valence-electron chi connectivity index (χ4n) is 2.00. The lowest BCUT2D eigenvalue weighted by Gasteiger charge is -2.11. The number of hydrogen-bond donors (Lipinski definition) is 3. The van der Waals surface area contributed by atoms with Crippen molar-refractivity contribution in [2.45, 2.75) is 33.3 Å². The Hall–Kier alpha value is -2.84. The first kappa shape index (κ1) is 18.2. The molecule has 0 aromatic carbocycles. The maximum Gasteiger partial charge on any atom is 0.355 e. The molecule has 3 amide bonds. The number of aromatic nitrogens is 1. The van der Waals surface area contributed by atoms with Gasteiger partial charge in [-0.1, -0.05) is 6.92 Å². The predicted molar refractivity (Wildman–Crippen MR) is 78.9 cm³/mol. The lowest BCUT2D eigenvalue weighted by atomic mass is 10.1. The molecule has 1 unspecified atom stereocenters. The van der Waals surface area contributed by atoms with Gasteiger partial charge in [-0.05, 0) is 25.8 Å². The monoisotopic (exact) mass is 325 g/mol. The van der Waals surface area contributed by atoms with Crippen LogP contribution in [0.2, 0.25) is 0 Å². The Balaban J connectivity index is 3.01. The van der Waals surface area contributed by atoms with Crippen LogP contribution in [-0.2, 0) is 20.7 Å². The third-order valence-electron chi connectivity index (χ3n) is 3.17. The summed E-state index contributed by atoms with van der Waals surface area (Å²) >= 11 is 0. The highest BCUT2D eigenvalue weighted by molar-refractivity contribution is 6.00. The third kappa shape index (κ3) is 4.09. The summed E-state index contributed by atoms with van der Waals surface area (Å²) in [6, 6.07) is -1.05. The summed E-state index contributed by atoms with van der Waals surface area (Å²) in [7, 11) is 1.24. The fourth-order valence-corrected chi connectivity index (χ4v) is 2.00. The number of methoxy groups -OCH3 is 1. The van der Waals surface area contributed by atoms with Crippen LogP contribution in [0.25, 0.3) is 0 Å². The smallest absolute Gasteiger partial charge is 0.355 e. The molecule has 0 saturated carbocycles. The maximum atomic E-state index is 12.2. The highest BCUT2D eigenvalue weighted by atomic mass is 16.5. The van der Waals surface area contributed by atoms with E-state index in [2.05, 4.69) is 9.72 Å². The van der Waals surface area contributed by atoms with Crippen molar-refractivity contribution in [2.24, 2.45) is 5.73 Å². The van der Waals surface area contributed by atoms with Crippen LogP contribution in [0.3, 0.4) is 0 Å². The van der Waals surface area contributed by atoms with Crippen LogP contribution in [0.15, 0.2) is 0 Å². The molecular formula is C14H19N3O6. The Morgan fingerprint density at radius 2 is 1.87 bits per heavy atom. The summed E-state index contributed by atoms with van der Waals surface area (Å²) in [6.45, 7) is 4.65. The van der Waals surface area contributed by atoms with E-state index in [1.54, 1.807) is 13.8 Å². The number of carbonyl (C=O) groups is 4. The second kappa shape index (κ2) is 7.43. The number of ether oxygens (including phenoxy) is 2. The number of hydrogen-bond acceptors (Lipinski definition) is 6. The van der Waals surface area contributed by atoms with Crippen LogP contribution >= 0.6 is 0 Å². The summed E-state index contributed by atoms with van der Waals surface area (Å²) in [5, 5.41) is 1.81. The molecule has 1 aromatic heterocycles. The number of aromatic amines is 1. The molecule has 126 valence electrons. The van der Waals surface area contributed by atoms with E-state index in [1.165, 1.54) is 14.0 Å². The number of primary amides is 1. The number of aryl methyl sites for hydroxylation is 1. The van der Waals surface area contributed by atoms with Crippen molar-refractivity contribution in [2.75, 3.05) is 7.11 Å². The minimum absolute atomic E-state index is 0.0426. The average molecular weight is 325 g/mol. The van der Waals surface area contributed by atoms with Crippen molar-refractivity contribution >= 4 is 23.9 Å². The number of amides is 3. The van der Waals surface area contributed by atoms with E-state index in [0.29, 0.717) is 17.7 Å². The zero-order valence-electron chi connectivity index (χ0n) is 13.3. The Labute approximate surface area is 132 Å². The van der Waals surface area contributed by atoms with E-state index in [9.17, 15) is 19.2 Å². The van der Waals surface area contributed by atoms with Gasteiger partial charge < -0.3 is 20.2 Å². The van der Waals surface area contributed by atoms with Crippen LogP contribution in [-0.4, -0.2) is 42.1 Å². The molecule has 0 fully saturated rings. The van der Waals surface area contributed by atoms with Crippen molar-refractivity contribution in [3.8, 4) is 0 Å². The molecule has 1 atom stereocenters. The first-order valence-corrected chi connectivity index (χ1v) is 6.83. The van der Waals surface area contributed by atoms with Gasteiger partial charge in [0.25, 0.3) is 5.91 Å². The Morgan fingerprint density at radius 1 is 1.26 bits per heavy atom. The van der Waals surface area contributed by atoms with Gasteiger partial charge in [-0.25, -0.2) is 14.4 Å². The SMILES string of the molecule is CCc1[nH]c(C(=O)OC(C)C(=O)NC(N)=O)c(C)c1C(=O)OC. The first-order valence-electron chi connectivity index (χ1n) is 6.83. The average Bonchev–Trinajstić information content (AvgIpc) is 2.82. The van der Waals surface area contributed by atoms with E-state index in [4.69, 9.17) is 10.5 Å². The maximum absolute atomic E-state index is 12.2. The van der Waals surface area contributed by atoms with E-state index >= 15 is 0 Å². The molecule has 0 aliphatic rings. The zero-order valence-corrected chi connectivity index (χ0v) is 13.3. The summed E-state index contributed by atoms with van der Waals surface area (Å²) < 4.78 is 9.65. The van der Waals surface area contributed by atoms with Crippen LogP contribution in [0, 0.1) is 6.92 Å². The molecule has 1 rings (SSSR count). The standard InChI is InChI=1S/C14H19N3O6/c1-5-8-9(12(19)22-4)6(2)10(16-8)13(20)23-7(3)11(18)17-14(15)21/h7,16H,5H2,1-4H3,(H3,15,17,18,21). The number of rotatable bonds is 5. The number of imide groups is 1. The summed E-state index contributed by atoms with van der Waals surface area (Å²) in [4.78, 5) is 48.9. The minimum Gasteiger partial charge on any atom is -0.465 e. The first-order chi connectivity index (χ1) is 10.7. The van der Waals surface area contributed by atoms with Gasteiger partial charge >= 0.3 is 18.0 Å². The number of nitrogens with two attached hydrogens (primary N) is 1. The molecule has 0 bridgehead atoms. The van der Waals surface area contributed by atoms with E-state index < -0.39 is 30.0 Å². The lowest BCUT2D eigenvalue weighted by molar-refractivity contribution is -0.127. The zero-order chi connectivity index (χ0) is 17.7. The van der Waals surface area contributed by atoms with Crippen LogP contribution in [0.1, 0.15) is 46.0 Å². The third-order valence-corrected chi connectivity index (χ3v) is 3.17. The highest BCUT2D eigenvalue weighted by Gasteiger charge is 2.27. The topological polar surface area (TPSA) is 141 Å². The van der Waals surface area contributed by atoms with Crippen molar-refractivity contribution in [1.82, 2.24) is 10.3 Å². The molecule has 0 radical (unpaired) electrons. The van der Waals surface area contributed by atoms with Gasteiger partial charge in [0.05, 0.1) is 12.7 Å². The molecule has 0 aliphatic carbocycles. The highest BCUT2D eigenvalue weighted by Crippen LogP contribution is 2.21. The second-order valence-electron chi connectivity index (χ2n) is 4.72. The van der Waals surface area contributed by atoms with Crippen molar-refractivity contribution in [3.63, 3.8) is 0 Å². The largest absolute Gasteiger partial charge is 0.465 e. The van der Waals surface area contributed by atoms with Gasteiger partial charge in [0.2, 0.25) is 0 Å². The molecule has 9 nitrogen and oxygen atoms in total. The Morgan fingerprint density at radius 3 is 2.35 bits per heavy atom. The fraction of sp³-hybridized carbons (Fsp3) is 0.429. The van der Waals surface area contributed by atoms with Crippen molar-refractivity contribution < 1.29 is 28.7 Å². The number of carbonyl (C=O) groups excluding carboxylic acids is 4. The van der Waals surface area contributed by atoms with Crippen LogP contribution < -0.4 is 11.1 Å². The summed E-state index contributed by atoms with van der Waals surface area (Å²) in [5.74, 6) is -2.26. The van der Waals surface area contributed by atoms with Gasteiger partial charge in [-0.3, -0.25) is 10.1 Å². The number of H-pyrrole nitrogens is 1. The Bertz CT molecular complexity index is 649. The molecule has 9 heteroatoms. The van der Waals surface area contributed by atoms with Gasteiger partial charge in [0, 0.05) is 5.69 Å². The molecule has 0 saturated heterocycles. The van der Waals surface area contributed by atoms with Crippen molar-refractivity contribution in [3.05, 3.63) is 22.5 Å². The number of urea groups is 1. The number of esters is 2.